The van der Waals surface area contributed by atoms with E-state index in [9.17, 15) is 4.79 Å². The van der Waals surface area contributed by atoms with E-state index < -0.39 is 0 Å². The van der Waals surface area contributed by atoms with Crippen molar-refractivity contribution >= 4 is 57.5 Å². The van der Waals surface area contributed by atoms with Crippen LogP contribution in [0.15, 0.2) is 46.9 Å². The van der Waals surface area contributed by atoms with Crippen LogP contribution in [-0.4, -0.2) is 18.0 Å². The summed E-state index contributed by atoms with van der Waals surface area (Å²) in [7, 11) is 1.46. The van der Waals surface area contributed by atoms with Gasteiger partial charge in [-0.15, -0.1) is 0 Å². The van der Waals surface area contributed by atoms with E-state index in [1.807, 2.05) is 26.0 Å². The number of hydrogen-bond acceptors (Lipinski definition) is 4. The van der Waals surface area contributed by atoms with E-state index in [4.69, 9.17) is 44.0 Å². The Bertz CT molecular complexity index is 1310. The Balaban J connectivity index is 1.67. The van der Waals surface area contributed by atoms with Gasteiger partial charge in [0.15, 0.2) is 11.3 Å². The van der Waals surface area contributed by atoms with Crippen molar-refractivity contribution in [3.05, 3.63) is 74.2 Å². The zero-order valence-electron chi connectivity index (χ0n) is 16.8. The van der Waals surface area contributed by atoms with Gasteiger partial charge in [-0.1, -0.05) is 40.9 Å². The Labute approximate surface area is 193 Å². The van der Waals surface area contributed by atoms with Gasteiger partial charge >= 0.3 is 0 Å². The van der Waals surface area contributed by atoms with Crippen LogP contribution in [-0.2, 0) is 0 Å². The molecule has 8 heteroatoms. The highest BCUT2D eigenvalue weighted by Crippen LogP contribution is 2.35. The van der Waals surface area contributed by atoms with Gasteiger partial charge in [-0.25, -0.2) is 4.98 Å². The van der Waals surface area contributed by atoms with Crippen LogP contribution in [0.5, 0.6) is 5.75 Å². The fraction of sp³-hybridized carbons (Fsp3) is 0.130. The first-order valence-corrected chi connectivity index (χ1v) is 10.4. The number of amides is 1. The molecule has 4 aromatic rings. The number of carbonyl (C=O) groups excluding carboxylic acids is 1. The summed E-state index contributed by atoms with van der Waals surface area (Å²) in [6.45, 7) is 3.97. The lowest BCUT2D eigenvalue weighted by Crippen LogP contribution is -2.12. The number of methoxy groups -OCH3 is 1. The number of halogens is 3. The number of hydrogen-bond donors (Lipinski definition) is 1. The SMILES string of the molecule is COc1c(Cl)cc(C(=O)Nc2ccc(Cl)c(-c3nc4cc(C)cc(C)c4o3)c2)cc1Cl. The van der Waals surface area contributed by atoms with Crippen LogP contribution in [0, 0.1) is 13.8 Å². The molecule has 4 rings (SSSR count). The zero-order chi connectivity index (χ0) is 22.3. The molecule has 1 N–H and O–H groups in total. The van der Waals surface area contributed by atoms with Crippen molar-refractivity contribution in [3.8, 4) is 17.2 Å². The average molecular weight is 476 g/mol. The molecule has 0 aliphatic carbocycles. The van der Waals surface area contributed by atoms with Crippen LogP contribution in [0.4, 0.5) is 5.69 Å². The molecule has 5 nitrogen and oxygen atoms in total. The largest absolute Gasteiger partial charge is 0.494 e. The van der Waals surface area contributed by atoms with Crippen LogP contribution in [0.3, 0.4) is 0 Å². The molecule has 1 amide bonds. The minimum absolute atomic E-state index is 0.245. The van der Waals surface area contributed by atoms with Crippen molar-refractivity contribution in [2.45, 2.75) is 13.8 Å². The molecule has 1 aromatic heterocycles. The van der Waals surface area contributed by atoms with E-state index in [0.29, 0.717) is 39.1 Å². The van der Waals surface area contributed by atoms with E-state index in [0.717, 1.165) is 16.6 Å². The predicted octanol–water partition coefficient (Wildman–Crippen LogP) is 7.33. The molecule has 31 heavy (non-hydrogen) atoms. The lowest BCUT2D eigenvalue weighted by Gasteiger charge is -2.10. The summed E-state index contributed by atoms with van der Waals surface area (Å²) in [4.78, 5) is 17.3. The van der Waals surface area contributed by atoms with Crippen molar-refractivity contribution in [1.82, 2.24) is 4.98 Å². The summed E-state index contributed by atoms with van der Waals surface area (Å²) in [6, 6.07) is 12.0. The minimum atomic E-state index is -0.385. The third-order valence-corrected chi connectivity index (χ3v) is 5.63. The maximum atomic E-state index is 12.7. The second-order valence-corrected chi connectivity index (χ2v) is 8.29. The number of aryl methyl sites for hydroxylation is 2. The quantitative estimate of drug-likeness (QED) is 0.335. The van der Waals surface area contributed by atoms with Gasteiger partial charge in [0.25, 0.3) is 5.91 Å². The molecular weight excluding hydrogens is 459 g/mol. The van der Waals surface area contributed by atoms with Gasteiger partial charge < -0.3 is 14.5 Å². The van der Waals surface area contributed by atoms with Crippen LogP contribution in [0.2, 0.25) is 15.1 Å². The number of oxazole rings is 1. The lowest BCUT2D eigenvalue weighted by molar-refractivity contribution is 0.102. The molecule has 0 unspecified atom stereocenters. The van der Waals surface area contributed by atoms with Crippen LogP contribution < -0.4 is 10.1 Å². The van der Waals surface area contributed by atoms with Crippen LogP contribution >= 0.6 is 34.8 Å². The fourth-order valence-corrected chi connectivity index (χ4v) is 4.19. The van der Waals surface area contributed by atoms with Gasteiger partial charge in [-0.2, -0.15) is 0 Å². The topological polar surface area (TPSA) is 64.4 Å². The molecule has 0 spiro atoms. The second kappa shape index (κ2) is 8.42. The van der Waals surface area contributed by atoms with Crippen molar-refractivity contribution in [3.63, 3.8) is 0 Å². The first-order valence-electron chi connectivity index (χ1n) is 9.29. The van der Waals surface area contributed by atoms with E-state index in [2.05, 4.69) is 10.3 Å². The number of benzene rings is 3. The fourth-order valence-electron chi connectivity index (χ4n) is 3.35. The molecule has 0 fully saturated rings. The highest BCUT2D eigenvalue weighted by Gasteiger charge is 2.17. The molecule has 0 aliphatic rings. The highest BCUT2D eigenvalue weighted by molar-refractivity contribution is 6.38. The molecule has 0 radical (unpaired) electrons. The molecular formula is C23H17Cl3N2O3. The van der Waals surface area contributed by atoms with Crippen LogP contribution in [0.1, 0.15) is 21.5 Å². The third-order valence-electron chi connectivity index (χ3n) is 4.74. The van der Waals surface area contributed by atoms with Gasteiger partial charge in [0, 0.05) is 11.3 Å². The smallest absolute Gasteiger partial charge is 0.255 e. The second-order valence-electron chi connectivity index (χ2n) is 7.07. The summed E-state index contributed by atoms with van der Waals surface area (Å²) in [5.41, 5.74) is 4.91. The normalized spacial score (nSPS) is 11.0. The Morgan fingerprint density at radius 3 is 2.39 bits per heavy atom. The molecule has 0 saturated carbocycles. The van der Waals surface area contributed by atoms with Crippen LogP contribution in [0.25, 0.3) is 22.6 Å². The minimum Gasteiger partial charge on any atom is -0.494 e. The highest BCUT2D eigenvalue weighted by atomic mass is 35.5. The van der Waals surface area contributed by atoms with E-state index in [1.165, 1.54) is 19.2 Å². The predicted molar refractivity (Wildman–Crippen MR) is 125 cm³/mol. The monoisotopic (exact) mass is 474 g/mol. The molecule has 0 saturated heterocycles. The van der Waals surface area contributed by atoms with E-state index in [-0.39, 0.29) is 16.0 Å². The number of aromatic nitrogens is 1. The summed E-state index contributed by atoms with van der Waals surface area (Å²) >= 11 is 18.7. The van der Waals surface area contributed by atoms with E-state index in [1.54, 1.807) is 18.2 Å². The standard InChI is InChI=1S/C23H17Cl3N2O3/c1-11-6-12(2)20-19(7-11)28-23(31-20)15-10-14(4-5-16(15)24)27-22(29)13-8-17(25)21(30-3)18(26)9-13/h4-10H,1-3H3,(H,27,29). The van der Waals surface area contributed by atoms with Crippen molar-refractivity contribution in [2.75, 3.05) is 12.4 Å². The Morgan fingerprint density at radius 1 is 1.00 bits per heavy atom. The zero-order valence-corrected chi connectivity index (χ0v) is 19.1. The van der Waals surface area contributed by atoms with Crippen molar-refractivity contribution in [1.29, 1.82) is 0 Å². The Kier molecular flexibility index (Phi) is 5.84. The summed E-state index contributed by atoms with van der Waals surface area (Å²) in [5, 5.41) is 3.76. The van der Waals surface area contributed by atoms with Gasteiger partial charge in [-0.3, -0.25) is 4.79 Å². The van der Waals surface area contributed by atoms with Crippen molar-refractivity contribution in [2.24, 2.45) is 0 Å². The van der Waals surface area contributed by atoms with E-state index >= 15 is 0 Å². The Morgan fingerprint density at radius 2 is 1.71 bits per heavy atom. The summed E-state index contributed by atoms with van der Waals surface area (Å²) in [5.74, 6) is 0.305. The number of nitrogens with one attached hydrogen (secondary N) is 1. The number of rotatable bonds is 4. The summed E-state index contributed by atoms with van der Waals surface area (Å²) < 4.78 is 11.1. The number of fused-ring (bicyclic) bond motifs is 1. The van der Waals surface area contributed by atoms with Gasteiger partial charge in [0.05, 0.1) is 27.7 Å². The first kappa shape index (κ1) is 21.5. The van der Waals surface area contributed by atoms with Gasteiger partial charge in [0.1, 0.15) is 5.52 Å². The number of ether oxygens (including phenoxy) is 1. The molecule has 0 aliphatic heterocycles. The van der Waals surface area contributed by atoms with Crippen molar-refractivity contribution < 1.29 is 13.9 Å². The molecule has 158 valence electrons. The molecule has 0 atom stereocenters. The van der Waals surface area contributed by atoms with Gasteiger partial charge in [-0.05, 0) is 61.4 Å². The lowest BCUT2D eigenvalue weighted by atomic mass is 10.1. The number of anilines is 1. The number of nitrogens with zero attached hydrogens (tertiary/aromatic N) is 1. The third kappa shape index (κ3) is 4.22. The molecule has 3 aromatic carbocycles. The average Bonchev–Trinajstić information content (AvgIpc) is 3.13. The maximum absolute atomic E-state index is 12.7. The molecule has 1 heterocycles. The molecule has 0 bridgehead atoms. The summed E-state index contributed by atoms with van der Waals surface area (Å²) in [6.07, 6.45) is 0. The maximum Gasteiger partial charge on any atom is 0.255 e. The first-order chi connectivity index (χ1) is 14.8. The van der Waals surface area contributed by atoms with Gasteiger partial charge in [0.2, 0.25) is 5.89 Å². The Hall–Kier alpha value is -2.73. The number of carbonyl (C=O) groups is 1.